The Morgan fingerprint density at radius 2 is 1.51 bits per heavy atom. The van der Waals surface area contributed by atoms with Crippen molar-refractivity contribution >= 4 is 23.4 Å². The Balaban J connectivity index is 1.13. The number of hydrogen-bond donors (Lipinski definition) is 2. The lowest BCUT2D eigenvalue weighted by Crippen LogP contribution is -2.58. The number of benzene rings is 3. The van der Waals surface area contributed by atoms with Crippen molar-refractivity contribution in [2.75, 3.05) is 45.8 Å². The van der Waals surface area contributed by atoms with E-state index in [1.807, 2.05) is 41.3 Å². The predicted molar refractivity (Wildman–Crippen MR) is 171 cm³/mol. The highest BCUT2D eigenvalue weighted by molar-refractivity contribution is 6.30. The van der Waals surface area contributed by atoms with Crippen LogP contribution < -0.4 is 10.6 Å². The second kappa shape index (κ2) is 14.0. The third-order valence-corrected chi connectivity index (χ3v) is 9.50. The van der Waals surface area contributed by atoms with Gasteiger partial charge in [0.2, 0.25) is 11.8 Å². The highest BCUT2D eigenvalue weighted by Crippen LogP contribution is 2.26. The summed E-state index contributed by atoms with van der Waals surface area (Å²) >= 11 is 6.14. The number of likely N-dealkylation sites (tertiary alicyclic amines) is 1. The Bertz CT molecular complexity index is 1370. The zero-order valence-corrected chi connectivity index (χ0v) is 25.5. The molecule has 0 aliphatic carbocycles. The van der Waals surface area contributed by atoms with Gasteiger partial charge in [-0.05, 0) is 66.7 Å². The molecule has 3 aliphatic rings. The highest BCUT2D eigenvalue weighted by atomic mass is 35.5. The third-order valence-electron chi connectivity index (χ3n) is 9.25. The summed E-state index contributed by atoms with van der Waals surface area (Å²) in [5.74, 6) is -0.148. The Labute approximate surface area is 260 Å². The van der Waals surface area contributed by atoms with Crippen molar-refractivity contribution in [2.45, 2.75) is 50.4 Å². The Kier molecular flexibility index (Phi) is 9.74. The van der Waals surface area contributed by atoms with Gasteiger partial charge < -0.3 is 20.4 Å². The fourth-order valence-corrected chi connectivity index (χ4v) is 6.89. The molecular formula is C35H42ClN5O2. The molecule has 6 rings (SSSR count). The van der Waals surface area contributed by atoms with Crippen LogP contribution >= 0.6 is 11.6 Å². The number of nitrogens with one attached hydrogen (secondary N) is 2. The molecule has 8 heteroatoms. The van der Waals surface area contributed by atoms with E-state index in [1.54, 1.807) is 0 Å². The minimum absolute atomic E-state index is 0.0186. The van der Waals surface area contributed by atoms with Gasteiger partial charge in [-0.25, -0.2) is 0 Å². The summed E-state index contributed by atoms with van der Waals surface area (Å²) in [4.78, 5) is 34.6. The van der Waals surface area contributed by atoms with Crippen LogP contribution in [-0.4, -0.2) is 84.4 Å². The van der Waals surface area contributed by atoms with E-state index >= 15 is 0 Å². The minimum atomic E-state index is -0.645. The van der Waals surface area contributed by atoms with Gasteiger partial charge in [-0.2, -0.15) is 0 Å². The maximum absolute atomic E-state index is 14.0. The zero-order valence-electron chi connectivity index (χ0n) is 24.8. The smallest absolute Gasteiger partial charge is 0.245 e. The molecule has 2 amide bonds. The quantitative estimate of drug-likeness (QED) is 0.388. The zero-order chi connectivity index (χ0) is 29.6. The van der Waals surface area contributed by atoms with Crippen LogP contribution in [-0.2, 0) is 29.0 Å². The first kappa shape index (κ1) is 29.8. The molecule has 3 aromatic carbocycles. The SMILES string of the molecule is O=C(N[C@H](Cc1ccc(Cl)cc1)C(=O)N1CCN(C(CN2CCCC2)c2ccccc2)CC1)[C@H]1Cc2ccccc2CN1. The number of halogens is 1. The predicted octanol–water partition coefficient (Wildman–Crippen LogP) is 4.06. The van der Waals surface area contributed by atoms with E-state index in [-0.39, 0.29) is 17.9 Å². The third kappa shape index (κ3) is 7.47. The number of carbonyl (C=O) groups is 2. The average molecular weight is 600 g/mol. The van der Waals surface area contributed by atoms with Crippen LogP contribution in [0.1, 0.15) is 41.1 Å². The normalized spacial score (nSPS) is 20.8. The molecule has 7 nitrogen and oxygen atoms in total. The summed E-state index contributed by atoms with van der Waals surface area (Å²) < 4.78 is 0. The number of amides is 2. The monoisotopic (exact) mass is 599 g/mol. The van der Waals surface area contributed by atoms with Crippen LogP contribution in [0.5, 0.6) is 0 Å². The number of hydrogen-bond acceptors (Lipinski definition) is 5. The molecule has 1 unspecified atom stereocenters. The van der Waals surface area contributed by atoms with Crippen molar-refractivity contribution in [1.29, 1.82) is 0 Å². The van der Waals surface area contributed by atoms with Crippen molar-refractivity contribution in [2.24, 2.45) is 0 Å². The van der Waals surface area contributed by atoms with Gasteiger partial charge in [0.05, 0.1) is 6.04 Å². The van der Waals surface area contributed by atoms with Crippen molar-refractivity contribution in [1.82, 2.24) is 25.3 Å². The molecule has 0 radical (unpaired) electrons. The van der Waals surface area contributed by atoms with Crippen molar-refractivity contribution in [3.8, 4) is 0 Å². The number of fused-ring (bicyclic) bond motifs is 1. The van der Waals surface area contributed by atoms with Crippen LogP contribution in [0.15, 0.2) is 78.9 Å². The van der Waals surface area contributed by atoms with Gasteiger partial charge in [0.1, 0.15) is 6.04 Å². The molecule has 3 atom stereocenters. The second-order valence-electron chi connectivity index (χ2n) is 12.1. The standard InChI is InChI=1S/C35H42ClN5O2/c36-30-14-12-26(13-15-30)22-32(38-34(42)31-23-28-10-4-5-11-29(28)24-37-31)35(43)41-20-18-40(19-21-41)33(25-39-16-6-7-17-39)27-8-2-1-3-9-27/h1-5,8-15,31-33,37H,6-7,16-25H2,(H,38,42)/t31-,32-,33?/m1/s1. The number of nitrogens with zero attached hydrogens (tertiary/aromatic N) is 3. The Morgan fingerprint density at radius 1 is 0.837 bits per heavy atom. The average Bonchev–Trinajstić information content (AvgIpc) is 3.58. The van der Waals surface area contributed by atoms with Gasteiger partial charge in [-0.1, -0.05) is 78.3 Å². The topological polar surface area (TPSA) is 67.9 Å². The van der Waals surface area contributed by atoms with Crippen LogP contribution in [0.4, 0.5) is 0 Å². The Morgan fingerprint density at radius 3 is 2.23 bits per heavy atom. The maximum atomic E-state index is 14.0. The molecule has 0 bridgehead atoms. The molecule has 2 N–H and O–H groups in total. The van der Waals surface area contributed by atoms with Crippen molar-refractivity contribution < 1.29 is 9.59 Å². The molecule has 0 aromatic heterocycles. The molecule has 3 heterocycles. The van der Waals surface area contributed by atoms with Gasteiger partial charge in [0.25, 0.3) is 0 Å². The fraction of sp³-hybridized carbons (Fsp3) is 0.429. The molecule has 3 aliphatic heterocycles. The van der Waals surface area contributed by atoms with Crippen LogP contribution in [0, 0.1) is 0 Å². The van der Waals surface area contributed by atoms with Crippen LogP contribution in [0.25, 0.3) is 0 Å². The van der Waals surface area contributed by atoms with E-state index in [2.05, 4.69) is 62.9 Å². The lowest BCUT2D eigenvalue weighted by Gasteiger charge is -2.41. The molecule has 3 aromatic rings. The number of rotatable bonds is 9. The molecule has 0 spiro atoms. The van der Waals surface area contributed by atoms with Crippen LogP contribution in [0.3, 0.4) is 0 Å². The summed E-state index contributed by atoms with van der Waals surface area (Å²) in [6.45, 7) is 6.89. The number of carbonyl (C=O) groups excluding carboxylic acids is 2. The lowest BCUT2D eigenvalue weighted by atomic mass is 9.95. The largest absolute Gasteiger partial charge is 0.343 e. The first-order chi connectivity index (χ1) is 21.0. The summed E-state index contributed by atoms with van der Waals surface area (Å²) in [6.07, 6.45) is 3.58. The van der Waals surface area contributed by atoms with E-state index in [1.165, 1.54) is 29.5 Å². The molecule has 0 saturated carbocycles. The van der Waals surface area contributed by atoms with E-state index in [0.717, 1.165) is 38.3 Å². The van der Waals surface area contributed by atoms with Gasteiger partial charge in [-0.3, -0.25) is 14.5 Å². The first-order valence-corrected chi connectivity index (χ1v) is 16.1. The second-order valence-corrected chi connectivity index (χ2v) is 12.5. The molecule has 226 valence electrons. The minimum Gasteiger partial charge on any atom is -0.343 e. The summed E-state index contributed by atoms with van der Waals surface area (Å²) in [5.41, 5.74) is 4.71. The summed E-state index contributed by atoms with van der Waals surface area (Å²) in [7, 11) is 0. The van der Waals surface area contributed by atoms with E-state index < -0.39 is 6.04 Å². The maximum Gasteiger partial charge on any atom is 0.245 e. The Hall–Kier alpha value is -3.23. The van der Waals surface area contributed by atoms with E-state index in [4.69, 9.17) is 11.6 Å². The highest BCUT2D eigenvalue weighted by Gasteiger charge is 2.34. The lowest BCUT2D eigenvalue weighted by molar-refractivity contribution is -0.138. The number of piperazine rings is 1. The first-order valence-electron chi connectivity index (χ1n) is 15.7. The van der Waals surface area contributed by atoms with Gasteiger partial charge in [-0.15, -0.1) is 0 Å². The van der Waals surface area contributed by atoms with Gasteiger partial charge in [0.15, 0.2) is 0 Å². The molecule has 2 saturated heterocycles. The fourth-order valence-electron chi connectivity index (χ4n) is 6.76. The van der Waals surface area contributed by atoms with E-state index in [9.17, 15) is 9.59 Å². The van der Waals surface area contributed by atoms with Crippen molar-refractivity contribution in [3.05, 3.63) is 106 Å². The molecular weight excluding hydrogens is 558 g/mol. The van der Waals surface area contributed by atoms with Gasteiger partial charge >= 0.3 is 0 Å². The summed E-state index contributed by atoms with van der Waals surface area (Å²) in [5, 5.41) is 7.16. The molecule has 2 fully saturated rings. The van der Waals surface area contributed by atoms with Crippen LogP contribution in [0.2, 0.25) is 5.02 Å². The van der Waals surface area contributed by atoms with Gasteiger partial charge in [0, 0.05) is 56.8 Å². The molecule has 43 heavy (non-hydrogen) atoms. The van der Waals surface area contributed by atoms with Crippen molar-refractivity contribution in [3.63, 3.8) is 0 Å². The summed E-state index contributed by atoms with van der Waals surface area (Å²) in [6, 6.07) is 25.8. The van der Waals surface area contributed by atoms with E-state index in [0.29, 0.717) is 43.5 Å².